The molecule has 3 amide bonds. The molecule has 2 aromatic rings. The van der Waals surface area contributed by atoms with Gasteiger partial charge >= 0.3 is 12.0 Å². The van der Waals surface area contributed by atoms with Gasteiger partial charge in [0.15, 0.2) is 5.82 Å². The van der Waals surface area contributed by atoms with Gasteiger partial charge in [0, 0.05) is 29.8 Å². The first-order chi connectivity index (χ1) is 15.0. The van der Waals surface area contributed by atoms with E-state index in [9.17, 15) is 14.0 Å². The van der Waals surface area contributed by atoms with Crippen molar-refractivity contribution in [3.8, 4) is 6.01 Å². The SMILES string of the molecule is O=C(CN1CCN(c2ccc(Cl)cc2)C1=O)NC1CCC(Oc2ncc(F)cn2)CC1. The minimum atomic E-state index is -0.508. The van der Waals surface area contributed by atoms with Gasteiger partial charge in [-0.3, -0.25) is 9.69 Å². The van der Waals surface area contributed by atoms with Gasteiger partial charge in [-0.15, -0.1) is 0 Å². The molecule has 0 radical (unpaired) electrons. The number of nitrogens with zero attached hydrogens (tertiary/aromatic N) is 4. The first-order valence-electron chi connectivity index (χ1n) is 10.2. The molecular weight excluding hydrogens is 425 g/mol. The molecule has 2 fully saturated rings. The number of anilines is 1. The summed E-state index contributed by atoms with van der Waals surface area (Å²) in [5, 5.41) is 3.62. The predicted octanol–water partition coefficient (Wildman–Crippen LogP) is 3.02. The van der Waals surface area contributed by atoms with Gasteiger partial charge in [-0.05, 0) is 49.9 Å². The molecule has 2 aliphatic rings. The summed E-state index contributed by atoms with van der Waals surface area (Å²) < 4.78 is 18.6. The van der Waals surface area contributed by atoms with Crippen molar-refractivity contribution in [1.29, 1.82) is 0 Å². The third-order valence-electron chi connectivity index (χ3n) is 5.48. The molecule has 2 heterocycles. The highest BCUT2D eigenvalue weighted by molar-refractivity contribution is 6.30. The van der Waals surface area contributed by atoms with Crippen LogP contribution in [-0.2, 0) is 4.79 Å². The van der Waals surface area contributed by atoms with Crippen LogP contribution in [0.15, 0.2) is 36.7 Å². The standard InChI is InChI=1S/C21H23ClFN5O3/c22-14-1-5-17(6-2-14)28-10-9-27(21(28)30)13-19(29)26-16-3-7-18(8-4-16)31-20-24-11-15(23)12-25-20/h1-2,5-6,11-12,16,18H,3-4,7-10,13H2,(H,26,29). The van der Waals surface area contributed by atoms with Crippen LogP contribution in [0.5, 0.6) is 6.01 Å². The van der Waals surface area contributed by atoms with Crippen LogP contribution in [0.25, 0.3) is 0 Å². The van der Waals surface area contributed by atoms with Crippen LogP contribution in [-0.4, -0.2) is 58.6 Å². The molecule has 1 aliphatic heterocycles. The number of ether oxygens (including phenoxy) is 1. The third-order valence-corrected chi connectivity index (χ3v) is 5.73. The molecule has 1 saturated heterocycles. The Morgan fingerprint density at radius 3 is 2.48 bits per heavy atom. The number of carbonyl (C=O) groups is 2. The topological polar surface area (TPSA) is 87.7 Å². The highest BCUT2D eigenvalue weighted by Crippen LogP contribution is 2.24. The van der Waals surface area contributed by atoms with Crippen molar-refractivity contribution >= 4 is 29.2 Å². The van der Waals surface area contributed by atoms with Gasteiger partial charge in [0.2, 0.25) is 5.91 Å². The molecule has 164 valence electrons. The van der Waals surface area contributed by atoms with Crippen LogP contribution in [0.4, 0.5) is 14.9 Å². The third kappa shape index (κ3) is 5.41. The van der Waals surface area contributed by atoms with E-state index in [0.717, 1.165) is 43.8 Å². The van der Waals surface area contributed by atoms with Gasteiger partial charge in [-0.2, -0.15) is 0 Å². The smallest absolute Gasteiger partial charge is 0.325 e. The number of benzene rings is 1. The second-order valence-corrected chi connectivity index (χ2v) is 8.11. The Morgan fingerprint density at radius 2 is 1.81 bits per heavy atom. The zero-order valence-electron chi connectivity index (χ0n) is 16.8. The average molecular weight is 448 g/mol. The lowest BCUT2D eigenvalue weighted by Crippen LogP contribution is -2.45. The minimum Gasteiger partial charge on any atom is -0.460 e. The monoisotopic (exact) mass is 447 g/mol. The van der Waals surface area contributed by atoms with Crippen LogP contribution >= 0.6 is 11.6 Å². The Labute approximate surface area is 184 Å². The molecule has 10 heteroatoms. The van der Waals surface area contributed by atoms with E-state index in [1.165, 1.54) is 0 Å². The lowest BCUT2D eigenvalue weighted by molar-refractivity contribution is -0.122. The van der Waals surface area contributed by atoms with E-state index in [-0.39, 0.29) is 36.6 Å². The molecule has 8 nitrogen and oxygen atoms in total. The molecule has 1 aromatic carbocycles. The Bertz CT molecular complexity index is 920. The van der Waals surface area contributed by atoms with E-state index in [0.29, 0.717) is 18.1 Å². The van der Waals surface area contributed by atoms with Crippen LogP contribution in [0, 0.1) is 5.82 Å². The van der Waals surface area contributed by atoms with Crippen molar-refractivity contribution in [3.05, 3.63) is 47.5 Å². The lowest BCUT2D eigenvalue weighted by atomic mass is 9.93. The van der Waals surface area contributed by atoms with Crippen molar-refractivity contribution in [2.45, 2.75) is 37.8 Å². The summed E-state index contributed by atoms with van der Waals surface area (Å²) >= 11 is 5.91. The first kappa shape index (κ1) is 21.3. The highest BCUT2D eigenvalue weighted by atomic mass is 35.5. The van der Waals surface area contributed by atoms with E-state index in [2.05, 4.69) is 15.3 Å². The van der Waals surface area contributed by atoms with Gasteiger partial charge in [0.25, 0.3) is 0 Å². The summed E-state index contributed by atoms with van der Waals surface area (Å²) in [6.45, 7) is 1.05. The number of hydrogen-bond donors (Lipinski definition) is 1. The molecule has 1 saturated carbocycles. The van der Waals surface area contributed by atoms with E-state index in [1.54, 1.807) is 34.1 Å². The highest BCUT2D eigenvalue weighted by Gasteiger charge is 2.32. The second kappa shape index (κ2) is 9.47. The van der Waals surface area contributed by atoms with E-state index >= 15 is 0 Å². The van der Waals surface area contributed by atoms with Crippen LogP contribution in [0.1, 0.15) is 25.7 Å². The predicted molar refractivity (Wildman–Crippen MR) is 113 cm³/mol. The van der Waals surface area contributed by atoms with Crippen molar-refractivity contribution in [2.75, 3.05) is 24.5 Å². The minimum absolute atomic E-state index is 0.0305. The Morgan fingerprint density at radius 1 is 1.13 bits per heavy atom. The number of amides is 3. The summed E-state index contributed by atoms with van der Waals surface area (Å²) in [7, 11) is 0. The van der Waals surface area contributed by atoms with E-state index < -0.39 is 5.82 Å². The van der Waals surface area contributed by atoms with Crippen LogP contribution in [0.3, 0.4) is 0 Å². The molecule has 31 heavy (non-hydrogen) atoms. The second-order valence-electron chi connectivity index (χ2n) is 7.68. The zero-order chi connectivity index (χ0) is 21.8. The molecule has 0 bridgehead atoms. The number of carbonyl (C=O) groups excluding carboxylic acids is 2. The van der Waals surface area contributed by atoms with Crippen molar-refractivity contribution in [2.24, 2.45) is 0 Å². The van der Waals surface area contributed by atoms with Gasteiger partial charge in [0.05, 0.1) is 12.4 Å². The maximum Gasteiger partial charge on any atom is 0.325 e. The lowest BCUT2D eigenvalue weighted by Gasteiger charge is -2.29. The fraction of sp³-hybridized carbons (Fsp3) is 0.429. The number of nitrogens with one attached hydrogen (secondary N) is 1. The summed E-state index contributed by atoms with van der Waals surface area (Å²) in [6, 6.07) is 7.07. The van der Waals surface area contributed by atoms with Crippen molar-refractivity contribution < 1.29 is 18.7 Å². The molecule has 0 atom stereocenters. The maximum absolute atomic E-state index is 12.9. The fourth-order valence-electron chi connectivity index (χ4n) is 3.87. The molecule has 1 aliphatic carbocycles. The van der Waals surface area contributed by atoms with Gasteiger partial charge < -0.3 is 15.0 Å². The number of urea groups is 1. The van der Waals surface area contributed by atoms with Gasteiger partial charge in [-0.25, -0.2) is 19.2 Å². The molecule has 4 rings (SSSR count). The fourth-order valence-corrected chi connectivity index (χ4v) is 4.00. The number of hydrogen-bond acceptors (Lipinski definition) is 5. The van der Waals surface area contributed by atoms with Crippen LogP contribution in [0.2, 0.25) is 5.02 Å². The molecule has 1 aromatic heterocycles. The van der Waals surface area contributed by atoms with Gasteiger partial charge in [-0.1, -0.05) is 11.6 Å². The maximum atomic E-state index is 12.9. The molecule has 0 spiro atoms. The summed E-state index contributed by atoms with van der Waals surface area (Å²) in [6.07, 6.45) is 5.05. The Kier molecular flexibility index (Phi) is 6.50. The zero-order valence-corrected chi connectivity index (χ0v) is 17.6. The summed E-state index contributed by atoms with van der Waals surface area (Å²) in [5.41, 5.74) is 0.765. The van der Waals surface area contributed by atoms with Crippen molar-refractivity contribution in [1.82, 2.24) is 20.2 Å². The first-order valence-corrected chi connectivity index (χ1v) is 10.6. The average Bonchev–Trinajstić information content (AvgIpc) is 3.12. The summed E-state index contributed by atoms with van der Waals surface area (Å²) in [5.74, 6) is -0.677. The summed E-state index contributed by atoms with van der Waals surface area (Å²) in [4.78, 5) is 35.9. The van der Waals surface area contributed by atoms with E-state index in [1.807, 2.05) is 0 Å². The number of halogens is 2. The molecular formula is C21H23ClFN5O3. The van der Waals surface area contributed by atoms with Crippen molar-refractivity contribution in [3.63, 3.8) is 0 Å². The number of aromatic nitrogens is 2. The van der Waals surface area contributed by atoms with E-state index in [4.69, 9.17) is 16.3 Å². The number of rotatable bonds is 6. The molecule has 0 unspecified atom stereocenters. The van der Waals surface area contributed by atoms with Crippen LogP contribution < -0.4 is 15.0 Å². The Balaban J connectivity index is 1.21. The largest absolute Gasteiger partial charge is 0.460 e. The normalized spacial score (nSPS) is 21.3. The Hall–Kier alpha value is -2.94. The quantitative estimate of drug-likeness (QED) is 0.735. The molecule has 1 N–H and O–H groups in total. The van der Waals surface area contributed by atoms with Gasteiger partial charge in [0.1, 0.15) is 12.6 Å².